The van der Waals surface area contributed by atoms with E-state index < -0.39 is 23.3 Å². The van der Waals surface area contributed by atoms with Crippen LogP contribution < -0.4 is 0 Å². The number of alkyl halides is 3. The zero-order valence-electron chi connectivity index (χ0n) is 5.66. The molecule has 0 aromatic rings. The van der Waals surface area contributed by atoms with Gasteiger partial charge >= 0.3 is 6.18 Å². The molecule has 0 unspecified atom stereocenters. The lowest BCUT2D eigenvalue weighted by atomic mass is 10.1. The molecule has 0 aliphatic heterocycles. The second kappa shape index (κ2) is 2.86. The van der Waals surface area contributed by atoms with Crippen LogP contribution in [0.25, 0.3) is 0 Å². The number of carbonyl (C=O) groups is 2. The van der Waals surface area contributed by atoms with E-state index in [1.54, 1.807) is 0 Å². The number of hydrogen-bond acceptors (Lipinski definition) is 2. The van der Waals surface area contributed by atoms with Gasteiger partial charge in [-0.1, -0.05) is 6.58 Å². The van der Waals surface area contributed by atoms with Crippen molar-refractivity contribution in [3.63, 3.8) is 0 Å². The zero-order chi connectivity index (χ0) is 9.23. The Morgan fingerprint density at radius 2 is 1.64 bits per heavy atom. The number of allylic oxidation sites excluding steroid dienone is 1. The molecule has 0 fully saturated rings. The Morgan fingerprint density at radius 3 is 1.73 bits per heavy atom. The SMILES string of the molecule is C=C(C(C)=O)C(=O)C(F)(F)F. The van der Waals surface area contributed by atoms with E-state index in [1.807, 2.05) is 0 Å². The van der Waals surface area contributed by atoms with Crippen molar-refractivity contribution < 1.29 is 22.8 Å². The minimum Gasteiger partial charge on any atom is -0.294 e. The summed E-state index contributed by atoms with van der Waals surface area (Å²) in [5.74, 6) is -3.14. The summed E-state index contributed by atoms with van der Waals surface area (Å²) in [6, 6.07) is 0. The molecule has 0 aliphatic rings. The fraction of sp³-hybridized carbons (Fsp3) is 0.333. The van der Waals surface area contributed by atoms with Crippen LogP contribution in [0.15, 0.2) is 12.2 Å². The van der Waals surface area contributed by atoms with Crippen molar-refractivity contribution in [2.45, 2.75) is 13.1 Å². The summed E-state index contributed by atoms with van der Waals surface area (Å²) >= 11 is 0. The maximum atomic E-state index is 11.5. The number of halogens is 3. The zero-order valence-corrected chi connectivity index (χ0v) is 5.66. The molecular weight excluding hydrogens is 161 g/mol. The van der Waals surface area contributed by atoms with Gasteiger partial charge in [0.1, 0.15) is 0 Å². The highest BCUT2D eigenvalue weighted by Gasteiger charge is 2.40. The first kappa shape index (κ1) is 9.87. The Bertz CT molecular complexity index is 214. The van der Waals surface area contributed by atoms with Gasteiger partial charge in [-0.3, -0.25) is 9.59 Å². The van der Waals surface area contributed by atoms with Gasteiger partial charge in [0.05, 0.1) is 5.57 Å². The van der Waals surface area contributed by atoms with Crippen LogP contribution in [0.1, 0.15) is 6.92 Å². The maximum absolute atomic E-state index is 11.5. The fourth-order valence-electron chi connectivity index (χ4n) is 0.331. The van der Waals surface area contributed by atoms with Crippen LogP contribution >= 0.6 is 0 Å². The molecule has 0 saturated heterocycles. The van der Waals surface area contributed by atoms with Gasteiger partial charge in [0.2, 0.25) is 0 Å². The molecule has 0 saturated carbocycles. The molecule has 0 aliphatic carbocycles. The Balaban J connectivity index is 4.53. The molecule has 11 heavy (non-hydrogen) atoms. The predicted octanol–water partition coefficient (Wildman–Crippen LogP) is 1.26. The second-order valence-electron chi connectivity index (χ2n) is 1.86. The summed E-state index contributed by atoms with van der Waals surface area (Å²) < 4.78 is 34.5. The van der Waals surface area contributed by atoms with Gasteiger partial charge in [0, 0.05) is 0 Å². The molecule has 0 atom stereocenters. The molecule has 0 N–H and O–H groups in total. The first-order chi connectivity index (χ1) is 4.76. The fourth-order valence-corrected chi connectivity index (χ4v) is 0.331. The molecule has 0 bridgehead atoms. The monoisotopic (exact) mass is 166 g/mol. The van der Waals surface area contributed by atoms with Crippen molar-refractivity contribution in [3.8, 4) is 0 Å². The van der Waals surface area contributed by atoms with Crippen LogP contribution in [0.3, 0.4) is 0 Å². The first-order valence-corrected chi connectivity index (χ1v) is 2.58. The minimum atomic E-state index is -5.00. The van der Waals surface area contributed by atoms with Crippen molar-refractivity contribution in [2.24, 2.45) is 0 Å². The van der Waals surface area contributed by atoms with Crippen molar-refractivity contribution in [1.82, 2.24) is 0 Å². The summed E-state index contributed by atoms with van der Waals surface area (Å²) in [5, 5.41) is 0. The molecule has 0 aromatic heterocycles. The third kappa shape index (κ3) is 2.53. The summed E-state index contributed by atoms with van der Waals surface area (Å²) in [6.07, 6.45) is -5.00. The number of rotatable bonds is 2. The second-order valence-corrected chi connectivity index (χ2v) is 1.86. The topological polar surface area (TPSA) is 34.1 Å². The summed E-state index contributed by atoms with van der Waals surface area (Å²) in [4.78, 5) is 20.4. The highest BCUT2D eigenvalue weighted by atomic mass is 19.4. The Kier molecular flexibility index (Phi) is 2.56. The van der Waals surface area contributed by atoms with Gasteiger partial charge in [-0.05, 0) is 6.92 Å². The lowest BCUT2D eigenvalue weighted by Gasteiger charge is -2.03. The Morgan fingerprint density at radius 1 is 1.27 bits per heavy atom. The number of hydrogen-bond donors (Lipinski definition) is 0. The van der Waals surface area contributed by atoms with Crippen molar-refractivity contribution in [2.75, 3.05) is 0 Å². The van der Waals surface area contributed by atoms with Gasteiger partial charge in [-0.2, -0.15) is 13.2 Å². The molecule has 62 valence electrons. The number of carbonyl (C=O) groups excluding carboxylic acids is 2. The first-order valence-electron chi connectivity index (χ1n) is 2.58. The third-order valence-corrected chi connectivity index (χ3v) is 0.957. The average molecular weight is 166 g/mol. The molecule has 0 amide bonds. The largest absolute Gasteiger partial charge is 0.454 e. The molecule has 0 spiro atoms. The molecule has 0 rings (SSSR count). The van der Waals surface area contributed by atoms with E-state index in [0.717, 1.165) is 6.92 Å². The van der Waals surface area contributed by atoms with E-state index in [1.165, 1.54) is 0 Å². The van der Waals surface area contributed by atoms with Crippen molar-refractivity contribution >= 4 is 11.6 Å². The van der Waals surface area contributed by atoms with Gasteiger partial charge in [-0.15, -0.1) is 0 Å². The highest BCUT2D eigenvalue weighted by Crippen LogP contribution is 2.19. The van der Waals surface area contributed by atoms with Crippen molar-refractivity contribution in [1.29, 1.82) is 0 Å². The summed E-state index contributed by atoms with van der Waals surface area (Å²) in [6.45, 7) is 3.55. The van der Waals surface area contributed by atoms with E-state index >= 15 is 0 Å². The standard InChI is InChI=1S/C6H5F3O2/c1-3(4(2)10)5(11)6(7,8)9/h1H2,2H3. The molecule has 0 aromatic carbocycles. The lowest BCUT2D eigenvalue weighted by Crippen LogP contribution is -2.26. The van der Waals surface area contributed by atoms with Gasteiger partial charge in [-0.25, -0.2) is 0 Å². The average Bonchev–Trinajstić information content (AvgIpc) is 1.82. The van der Waals surface area contributed by atoms with Gasteiger partial charge in [0.15, 0.2) is 5.78 Å². The molecule has 0 heterocycles. The Hall–Kier alpha value is -1.13. The van der Waals surface area contributed by atoms with Gasteiger partial charge in [0.25, 0.3) is 5.78 Å². The molecule has 2 nitrogen and oxygen atoms in total. The number of Topliss-reactive ketones (excluding diaryl/α,β-unsaturated/α-hetero) is 2. The van der Waals surface area contributed by atoms with Crippen LogP contribution in [0, 0.1) is 0 Å². The summed E-state index contributed by atoms with van der Waals surface area (Å²) in [7, 11) is 0. The van der Waals surface area contributed by atoms with E-state index in [-0.39, 0.29) is 0 Å². The molecule has 0 radical (unpaired) electrons. The predicted molar refractivity (Wildman–Crippen MR) is 30.9 cm³/mol. The number of ketones is 2. The smallest absolute Gasteiger partial charge is 0.294 e. The quantitative estimate of drug-likeness (QED) is 0.351. The van der Waals surface area contributed by atoms with Crippen LogP contribution in [0.4, 0.5) is 13.2 Å². The van der Waals surface area contributed by atoms with Gasteiger partial charge < -0.3 is 0 Å². The highest BCUT2D eigenvalue weighted by molar-refractivity contribution is 6.20. The molecule has 5 heteroatoms. The summed E-state index contributed by atoms with van der Waals surface area (Å²) in [5.41, 5.74) is -1.03. The van der Waals surface area contributed by atoms with E-state index in [0.29, 0.717) is 0 Å². The van der Waals surface area contributed by atoms with E-state index in [9.17, 15) is 22.8 Å². The van der Waals surface area contributed by atoms with Crippen molar-refractivity contribution in [3.05, 3.63) is 12.2 Å². The van der Waals surface area contributed by atoms with Crippen LogP contribution in [0.5, 0.6) is 0 Å². The molecular formula is C6H5F3O2. The minimum absolute atomic E-state index is 0.853. The maximum Gasteiger partial charge on any atom is 0.454 e. The van der Waals surface area contributed by atoms with Crippen LogP contribution in [-0.2, 0) is 9.59 Å². The normalized spacial score (nSPS) is 10.9. The third-order valence-electron chi connectivity index (χ3n) is 0.957. The van der Waals surface area contributed by atoms with E-state index in [4.69, 9.17) is 0 Å². The Labute approximate surface area is 60.7 Å². The van der Waals surface area contributed by atoms with Crippen LogP contribution in [0.2, 0.25) is 0 Å². The van der Waals surface area contributed by atoms with E-state index in [2.05, 4.69) is 6.58 Å². The lowest BCUT2D eigenvalue weighted by molar-refractivity contribution is -0.167. The van der Waals surface area contributed by atoms with Crippen LogP contribution in [-0.4, -0.2) is 17.7 Å².